The molecule has 0 bridgehead atoms. The Bertz CT molecular complexity index is 1150. The number of nitrogens with zero attached hydrogens (tertiary/aromatic N) is 2. The molecule has 29 heavy (non-hydrogen) atoms. The highest BCUT2D eigenvalue weighted by atomic mass is 16.5. The molecule has 150 valence electrons. The van der Waals surface area contributed by atoms with Gasteiger partial charge < -0.3 is 14.4 Å². The Balaban J connectivity index is 2.01. The largest absolute Gasteiger partial charge is 0.496 e. The van der Waals surface area contributed by atoms with Gasteiger partial charge in [0.2, 0.25) is 0 Å². The lowest BCUT2D eigenvalue weighted by Crippen LogP contribution is -2.32. The van der Waals surface area contributed by atoms with Gasteiger partial charge in [0.25, 0.3) is 0 Å². The molecule has 7 nitrogen and oxygen atoms in total. The van der Waals surface area contributed by atoms with Crippen LogP contribution in [0.2, 0.25) is 0 Å². The molecule has 4 rings (SSSR count). The van der Waals surface area contributed by atoms with E-state index < -0.39 is 11.4 Å². The van der Waals surface area contributed by atoms with Crippen LogP contribution in [0.1, 0.15) is 42.7 Å². The quantitative estimate of drug-likeness (QED) is 0.706. The van der Waals surface area contributed by atoms with Gasteiger partial charge in [0, 0.05) is 41.2 Å². The summed E-state index contributed by atoms with van der Waals surface area (Å²) in [6.45, 7) is 6.35. The molecular formula is C22H23N3O4. The smallest absolute Gasteiger partial charge is 0.341 e. The topological polar surface area (TPSA) is 97.2 Å². The third-order valence-electron chi connectivity index (χ3n) is 5.57. The van der Waals surface area contributed by atoms with Gasteiger partial charge in [0.1, 0.15) is 11.3 Å². The first-order chi connectivity index (χ1) is 13.7. The van der Waals surface area contributed by atoms with Crippen molar-refractivity contribution in [3.63, 3.8) is 0 Å². The fourth-order valence-corrected chi connectivity index (χ4v) is 4.04. The number of benzene rings is 1. The molecule has 2 N–H and O–H groups in total. The van der Waals surface area contributed by atoms with E-state index in [2.05, 4.69) is 37.0 Å². The highest BCUT2D eigenvalue weighted by Crippen LogP contribution is 2.45. The molecule has 0 spiro atoms. The highest BCUT2D eigenvalue weighted by molar-refractivity contribution is 5.88. The maximum Gasteiger partial charge on any atom is 0.341 e. The predicted octanol–water partition coefficient (Wildman–Crippen LogP) is 3.76. The lowest BCUT2D eigenvalue weighted by molar-refractivity contribution is 0.0693. The maximum atomic E-state index is 12.5. The van der Waals surface area contributed by atoms with Crippen molar-refractivity contribution >= 4 is 5.97 Å². The van der Waals surface area contributed by atoms with Crippen molar-refractivity contribution < 1.29 is 14.6 Å². The number of H-pyrrole nitrogens is 1. The van der Waals surface area contributed by atoms with Crippen LogP contribution in [0.25, 0.3) is 22.4 Å². The van der Waals surface area contributed by atoms with Gasteiger partial charge in [-0.25, -0.2) is 4.79 Å². The molecule has 0 saturated carbocycles. The summed E-state index contributed by atoms with van der Waals surface area (Å²) in [7, 11) is 1.60. The first kappa shape index (κ1) is 19.0. The first-order valence-corrected chi connectivity index (χ1v) is 9.40. The molecule has 2 aromatic heterocycles. The molecule has 1 unspecified atom stereocenters. The van der Waals surface area contributed by atoms with Gasteiger partial charge in [0.15, 0.2) is 5.43 Å². The van der Waals surface area contributed by atoms with E-state index in [-0.39, 0.29) is 17.0 Å². The van der Waals surface area contributed by atoms with E-state index in [9.17, 15) is 14.7 Å². The molecule has 3 aromatic rings. The number of rotatable bonds is 3. The average molecular weight is 393 g/mol. The second kappa shape index (κ2) is 6.62. The second-order valence-corrected chi connectivity index (χ2v) is 8.43. The Morgan fingerprint density at radius 2 is 2.03 bits per heavy atom. The number of methoxy groups -OCH3 is 1. The van der Waals surface area contributed by atoms with Crippen LogP contribution in [0.4, 0.5) is 0 Å². The molecule has 1 atom stereocenters. The standard InChI is InChI=1S/C22H23N3O4/c1-22(2,3)20-6-12-5-15(13-9-23-24-10-13)19(29-4)7-14(12)17-8-18(26)16(21(27)28)11-25(17)20/h5,7-11,20H,6H2,1-4H3,(H,23,24)(H,27,28). The molecule has 1 aliphatic heterocycles. The Labute approximate surface area is 168 Å². The van der Waals surface area contributed by atoms with Crippen molar-refractivity contribution in [2.75, 3.05) is 7.11 Å². The molecule has 0 fully saturated rings. The monoisotopic (exact) mass is 393 g/mol. The molecule has 0 aliphatic carbocycles. The van der Waals surface area contributed by atoms with Crippen molar-refractivity contribution in [1.82, 2.24) is 14.8 Å². The molecule has 0 radical (unpaired) electrons. The van der Waals surface area contributed by atoms with Crippen LogP contribution >= 0.6 is 0 Å². The van der Waals surface area contributed by atoms with E-state index in [1.165, 1.54) is 12.3 Å². The second-order valence-electron chi connectivity index (χ2n) is 8.43. The average Bonchev–Trinajstić information content (AvgIpc) is 3.19. The molecule has 0 saturated heterocycles. The number of aromatic amines is 1. The van der Waals surface area contributed by atoms with Crippen molar-refractivity contribution in [2.24, 2.45) is 5.41 Å². The number of carboxylic acids is 1. The number of aromatic nitrogens is 3. The van der Waals surface area contributed by atoms with Gasteiger partial charge in [-0.2, -0.15) is 5.10 Å². The molecule has 0 amide bonds. The SMILES string of the molecule is COc1cc2c(cc1-c1cn[nH]c1)CC(C(C)(C)C)n1cc(C(=O)O)c(=O)cc1-2. The highest BCUT2D eigenvalue weighted by Gasteiger charge is 2.34. The predicted molar refractivity (Wildman–Crippen MR) is 109 cm³/mol. The number of hydrogen-bond acceptors (Lipinski definition) is 4. The van der Waals surface area contributed by atoms with Crippen molar-refractivity contribution in [2.45, 2.75) is 33.2 Å². The zero-order valence-electron chi connectivity index (χ0n) is 16.8. The number of nitrogens with one attached hydrogen (secondary N) is 1. The van der Waals surface area contributed by atoms with Crippen LogP contribution in [-0.2, 0) is 6.42 Å². The van der Waals surface area contributed by atoms with Gasteiger partial charge in [-0.3, -0.25) is 9.89 Å². The number of ether oxygens (including phenoxy) is 1. The number of aromatic carboxylic acids is 1. The summed E-state index contributed by atoms with van der Waals surface area (Å²) in [5.41, 5.74) is 3.65. The summed E-state index contributed by atoms with van der Waals surface area (Å²) in [6.07, 6.45) is 5.75. The molecule has 3 heterocycles. The van der Waals surface area contributed by atoms with Crippen LogP contribution < -0.4 is 10.2 Å². The van der Waals surface area contributed by atoms with E-state index >= 15 is 0 Å². The minimum Gasteiger partial charge on any atom is -0.496 e. The fraction of sp³-hybridized carbons (Fsp3) is 0.318. The lowest BCUT2D eigenvalue weighted by atomic mass is 9.78. The van der Waals surface area contributed by atoms with Crippen LogP contribution in [-0.4, -0.2) is 33.0 Å². The van der Waals surface area contributed by atoms with Gasteiger partial charge in [-0.1, -0.05) is 20.8 Å². The van der Waals surface area contributed by atoms with E-state index in [0.717, 1.165) is 22.3 Å². The maximum absolute atomic E-state index is 12.5. The van der Waals surface area contributed by atoms with Crippen molar-refractivity contribution in [3.05, 3.63) is 58.1 Å². The van der Waals surface area contributed by atoms with Crippen LogP contribution in [0.5, 0.6) is 5.75 Å². The zero-order valence-corrected chi connectivity index (χ0v) is 16.8. The Hall–Kier alpha value is -3.35. The minimum absolute atomic E-state index is 0.00528. The van der Waals surface area contributed by atoms with Gasteiger partial charge in [-0.05, 0) is 29.5 Å². The lowest BCUT2D eigenvalue weighted by Gasteiger charge is -2.39. The third kappa shape index (κ3) is 3.12. The number of fused-ring (bicyclic) bond motifs is 3. The Morgan fingerprint density at radius 3 is 2.62 bits per heavy atom. The van der Waals surface area contributed by atoms with E-state index in [0.29, 0.717) is 17.9 Å². The summed E-state index contributed by atoms with van der Waals surface area (Å²) >= 11 is 0. The Kier molecular flexibility index (Phi) is 4.33. The van der Waals surface area contributed by atoms with Crippen molar-refractivity contribution in [1.29, 1.82) is 0 Å². The molecular weight excluding hydrogens is 370 g/mol. The first-order valence-electron chi connectivity index (χ1n) is 9.40. The van der Waals surface area contributed by atoms with E-state index in [1.54, 1.807) is 13.3 Å². The van der Waals surface area contributed by atoms with E-state index in [1.807, 2.05) is 16.8 Å². The summed E-state index contributed by atoms with van der Waals surface area (Å²) in [5, 5.41) is 16.3. The zero-order chi connectivity index (χ0) is 20.9. The van der Waals surface area contributed by atoms with Crippen molar-refractivity contribution in [3.8, 4) is 28.1 Å². The van der Waals surface area contributed by atoms with E-state index in [4.69, 9.17) is 4.74 Å². The Morgan fingerprint density at radius 1 is 1.28 bits per heavy atom. The molecule has 1 aliphatic rings. The summed E-state index contributed by atoms with van der Waals surface area (Å²) in [4.78, 5) is 24.0. The fourth-order valence-electron chi connectivity index (χ4n) is 4.04. The summed E-state index contributed by atoms with van der Waals surface area (Å²) in [6, 6.07) is 5.42. The summed E-state index contributed by atoms with van der Waals surface area (Å²) in [5.74, 6) is -0.544. The normalized spacial score (nSPS) is 15.5. The summed E-state index contributed by atoms with van der Waals surface area (Å²) < 4.78 is 7.55. The van der Waals surface area contributed by atoms with Crippen LogP contribution in [0, 0.1) is 5.41 Å². The number of hydrogen-bond donors (Lipinski definition) is 2. The molecule has 1 aromatic carbocycles. The number of carbonyl (C=O) groups is 1. The van der Waals surface area contributed by atoms with Crippen LogP contribution in [0.3, 0.4) is 0 Å². The van der Waals surface area contributed by atoms with Gasteiger partial charge >= 0.3 is 5.97 Å². The number of pyridine rings is 1. The minimum atomic E-state index is -1.21. The third-order valence-corrected chi connectivity index (χ3v) is 5.57. The van der Waals surface area contributed by atoms with Crippen LogP contribution in [0.15, 0.2) is 41.6 Å². The molecule has 7 heteroatoms. The number of carboxylic acid groups (broad SMARTS) is 1. The van der Waals surface area contributed by atoms with Gasteiger partial charge in [-0.15, -0.1) is 0 Å². The van der Waals surface area contributed by atoms with Gasteiger partial charge in [0.05, 0.1) is 19.0 Å².